The predicted molar refractivity (Wildman–Crippen MR) is 83.5 cm³/mol. The van der Waals surface area contributed by atoms with Gasteiger partial charge in [0, 0.05) is 12.1 Å². The summed E-state index contributed by atoms with van der Waals surface area (Å²) in [5, 5.41) is 5.40. The molecule has 0 radical (unpaired) electrons. The van der Waals surface area contributed by atoms with E-state index in [0.717, 1.165) is 5.69 Å². The summed E-state index contributed by atoms with van der Waals surface area (Å²) in [5.74, 6) is -0.429. The quantitative estimate of drug-likeness (QED) is 0.816. The fourth-order valence-electron chi connectivity index (χ4n) is 1.57. The molecule has 1 saturated heterocycles. The summed E-state index contributed by atoms with van der Waals surface area (Å²) in [5.41, 5.74) is 0.895. The third-order valence-electron chi connectivity index (χ3n) is 2.35. The Labute approximate surface area is 122 Å². The molecule has 1 fully saturated rings. The van der Waals surface area contributed by atoms with Crippen molar-refractivity contribution in [2.75, 3.05) is 5.32 Å². The van der Waals surface area contributed by atoms with Crippen molar-refractivity contribution in [2.45, 2.75) is 53.0 Å². The minimum absolute atomic E-state index is 0.189. The molecule has 20 heavy (non-hydrogen) atoms. The van der Waals surface area contributed by atoms with Gasteiger partial charge in [0.15, 0.2) is 0 Å². The lowest BCUT2D eigenvalue weighted by Gasteiger charge is -2.22. The zero-order valence-electron chi connectivity index (χ0n) is 12.9. The number of anilines is 1. The highest BCUT2D eigenvalue weighted by Gasteiger charge is 2.25. The summed E-state index contributed by atoms with van der Waals surface area (Å²) in [4.78, 5) is 22.3. The zero-order valence-corrected chi connectivity index (χ0v) is 12.9. The Hall–Kier alpha value is -1.84. The molecule has 1 heterocycles. The van der Waals surface area contributed by atoms with Gasteiger partial charge in [-0.2, -0.15) is 0 Å². The molecule has 0 aliphatic carbocycles. The second-order valence-electron chi connectivity index (χ2n) is 4.22. The van der Waals surface area contributed by atoms with E-state index in [1.165, 1.54) is 6.42 Å². The van der Waals surface area contributed by atoms with Crippen molar-refractivity contribution in [2.24, 2.45) is 0 Å². The molecule has 4 heteroatoms. The van der Waals surface area contributed by atoms with Crippen molar-refractivity contribution in [3.8, 4) is 0 Å². The van der Waals surface area contributed by atoms with Crippen molar-refractivity contribution in [1.82, 2.24) is 5.32 Å². The van der Waals surface area contributed by atoms with Crippen LogP contribution in [0.15, 0.2) is 30.3 Å². The highest BCUT2D eigenvalue weighted by molar-refractivity contribution is 6.01. The van der Waals surface area contributed by atoms with Gasteiger partial charge in [-0.05, 0) is 18.6 Å². The SMILES string of the molecule is CC.CCC.O=C1CCC(Nc2ccccc2)C(=O)N1. The highest BCUT2D eigenvalue weighted by Crippen LogP contribution is 2.12. The first-order chi connectivity index (χ1) is 9.67. The van der Waals surface area contributed by atoms with Gasteiger partial charge in [-0.1, -0.05) is 52.3 Å². The van der Waals surface area contributed by atoms with Crippen LogP contribution in [0.4, 0.5) is 5.69 Å². The number of para-hydroxylation sites is 1. The molecule has 2 amide bonds. The molecule has 1 unspecified atom stereocenters. The molecule has 0 bridgehead atoms. The topological polar surface area (TPSA) is 58.2 Å². The van der Waals surface area contributed by atoms with Crippen LogP contribution in [0.5, 0.6) is 0 Å². The van der Waals surface area contributed by atoms with Gasteiger partial charge in [-0.25, -0.2) is 0 Å². The number of piperidine rings is 1. The zero-order chi connectivity index (χ0) is 15.4. The molecule has 2 N–H and O–H groups in total. The van der Waals surface area contributed by atoms with Gasteiger partial charge < -0.3 is 5.32 Å². The summed E-state index contributed by atoms with van der Waals surface area (Å²) in [6.45, 7) is 8.25. The number of hydrogen-bond donors (Lipinski definition) is 2. The molecule has 1 atom stereocenters. The van der Waals surface area contributed by atoms with Crippen molar-refractivity contribution >= 4 is 17.5 Å². The Bertz CT molecular complexity index is 391. The van der Waals surface area contributed by atoms with E-state index in [4.69, 9.17) is 0 Å². The highest BCUT2D eigenvalue weighted by atomic mass is 16.2. The van der Waals surface area contributed by atoms with Crippen LogP contribution in [0.1, 0.15) is 47.0 Å². The average Bonchev–Trinajstić information content (AvgIpc) is 2.46. The molecule has 4 nitrogen and oxygen atoms in total. The lowest BCUT2D eigenvalue weighted by atomic mass is 10.1. The second kappa shape index (κ2) is 11.0. The molecular weight excluding hydrogens is 252 g/mol. The second-order valence-corrected chi connectivity index (χ2v) is 4.22. The summed E-state index contributed by atoms with van der Waals surface area (Å²) < 4.78 is 0. The molecule has 1 aliphatic rings. The lowest BCUT2D eigenvalue weighted by molar-refractivity contribution is -0.133. The Morgan fingerprint density at radius 2 is 1.70 bits per heavy atom. The monoisotopic (exact) mass is 278 g/mol. The van der Waals surface area contributed by atoms with Crippen LogP contribution in [-0.4, -0.2) is 17.9 Å². The lowest BCUT2D eigenvalue weighted by Crippen LogP contribution is -2.47. The summed E-state index contributed by atoms with van der Waals surface area (Å²) in [6.07, 6.45) is 2.20. The molecule has 0 aromatic heterocycles. The minimum atomic E-state index is -0.301. The standard InChI is InChI=1S/C11H12N2O2.C3H8.C2H6/c14-10-7-6-9(11(15)13-10)12-8-4-2-1-3-5-8;1-3-2;1-2/h1-5,9,12H,6-7H2,(H,13,14,15);3H2,1-2H3;1-2H3. The maximum atomic E-state index is 11.4. The summed E-state index contributed by atoms with van der Waals surface area (Å²) in [7, 11) is 0. The van der Waals surface area contributed by atoms with Crippen molar-refractivity contribution in [1.29, 1.82) is 0 Å². The van der Waals surface area contributed by atoms with Gasteiger partial charge >= 0.3 is 0 Å². The minimum Gasteiger partial charge on any atom is -0.374 e. The maximum Gasteiger partial charge on any atom is 0.249 e. The van der Waals surface area contributed by atoms with Crippen LogP contribution in [0.25, 0.3) is 0 Å². The molecule has 1 aromatic carbocycles. The number of imide groups is 1. The Kier molecular flexibility index (Phi) is 10.0. The Balaban J connectivity index is 0.000000641. The number of carbonyl (C=O) groups is 2. The number of rotatable bonds is 2. The van der Waals surface area contributed by atoms with Crippen LogP contribution in [0.2, 0.25) is 0 Å². The number of benzene rings is 1. The number of amides is 2. The van der Waals surface area contributed by atoms with Gasteiger partial charge in [-0.15, -0.1) is 0 Å². The van der Waals surface area contributed by atoms with E-state index in [1.807, 2.05) is 44.2 Å². The third kappa shape index (κ3) is 6.92. The van der Waals surface area contributed by atoms with Crippen molar-refractivity contribution < 1.29 is 9.59 Å². The maximum absolute atomic E-state index is 11.4. The Morgan fingerprint density at radius 1 is 1.15 bits per heavy atom. The summed E-state index contributed by atoms with van der Waals surface area (Å²) >= 11 is 0. The van der Waals surface area contributed by atoms with Gasteiger partial charge in [-0.3, -0.25) is 14.9 Å². The van der Waals surface area contributed by atoms with Crippen LogP contribution >= 0.6 is 0 Å². The summed E-state index contributed by atoms with van der Waals surface area (Å²) in [6, 6.07) is 9.19. The van der Waals surface area contributed by atoms with Gasteiger partial charge in [0.2, 0.25) is 11.8 Å². The van der Waals surface area contributed by atoms with E-state index in [9.17, 15) is 9.59 Å². The molecule has 1 aromatic rings. The van der Waals surface area contributed by atoms with Crippen LogP contribution in [-0.2, 0) is 9.59 Å². The number of hydrogen-bond acceptors (Lipinski definition) is 3. The average molecular weight is 278 g/mol. The molecule has 112 valence electrons. The van der Waals surface area contributed by atoms with E-state index >= 15 is 0 Å². The van der Waals surface area contributed by atoms with E-state index in [1.54, 1.807) is 0 Å². The van der Waals surface area contributed by atoms with Crippen LogP contribution in [0, 0.1) is 0 Å². The van der Waals surface area contributed by atoms with E-state index in [2.05, 4.69) is 24.5 Å². The smallest absolute Gasteiger partial charge is 0.249 e. The molecular formula is C16H26N2O2. The first-order valence-electron chi connectivity index (χ1n) is 7.32. The van der Waals surface area contributed by atoms with E-state index in [0.29, 0.717) is 12.8 Å². The van der Waals surface area contributed by atoms with Crippen LogP contribution < -0.4 is 10.6 Å². The van der Waals surface area contributed by atoms with E-state index in [-0.39, 0.29) is 17.9 Å². The molecule has 0 spiro atoms. The predicted octanol–water partition coefficient (Wildman–Crippen LogP) is 3.35. The molecule has 0 saturated carbocycles. The van der Waals surface area contributed by atoms with Gasteiger partial charge in [0.1, 0.15) is 6.04 Å². The number of carbonyl (C=O) groups excluding carboxylic acids is 2. The van der Waals surface area contributed by atoms with Crippen LogP contribution in [0.3, 0.4) is 0 Å². The first kappa shape index (κ1) is 18.2. The molecule has 2 rings (SSSR count). The van der Waals surface area contributed by atoms with E-state index < -0.39 is 0 Å². The number of nitrogens with one attached hydrogen (secondary N) is 2. The van der Waals surface area contributed by atoms with Gasteiger partial charge in [0.25, 0.3) is 0 Å². The van der Waals surface area contributed by atoms with Gasteiger partial charge in [0.05, 0.1) is 0 Å². The normalized spacial score (nSPS) is 16.9. The first-order valence-corrected chi connectivity index (χ1v) is 7.32. The van der Waals surface area contributed by atoms with Crippen molar-refractivity contribution in [3.63, 3.8) is 0 Å². The van der Waals surface area contributed by atoms with Crippen molar-refractivity contribution in [3.05, 3.63) is 30.3 Å². The molecule has 1 aliphatic heterocycles. The fraction of sp³-hybridized carbons (Fsp3) is 0.500. The Morgan fingerprint density at radius 3 is 2.20 bits per heavy atom. The fourth-order valence-corrected chi connectivity index (χ4v) is 1.57. The third-order valence-corrected chi connectivity index (χ3v) is 2.35. The largest absolute Gasteiger partial charge is 0.374 e.